The number of carbonyl (C=O) groups excluding carboxylic acids is 1. The maximum atomic E-state index is 10.6. The number of carbonyl (C=O) groups is 1. The molecule has 0 bridgehead atoms. The molecule has 1 heterocycles. The lowest BCUT2D eigenvalue weighted by Gasteiger charge is -2.08. The van der Waals surface area contributed by atoms with Gasteiger partial charge in [0, 0.05) is 0 Å². The van der Waals surface area contributed by atoms with Crippen LogP contribution in [0.1, 0.15) is 37.1 Å². The van der Waals surface area contributed by atoms with E-state index >= 15 is 0 Å². The van der Waals surface area contributed by atoms with Gasteiger partial charge in [0.2, 0.25) is 11.8 Å². The molecular formula is C8H15N5O3. The van der Waals surface area contributed by atoms with Gasteiger partial charge in [-0.3, -0.25) is 4.79 Å². The molecule has 0 aromatic carbocycles. The van der Waals surface area contributed by atoms with E-state index in [0.29, 0.717) is 0 Å². The van der Waals surface area contributed by atoms with Gasteiger partial charge in [-0.25, -0.2) is 0 Å². The number of amides is 1. The lowest BCUT2D eigenvalue weighted by molar-refractivity contribution is -0.118. The van der Waals surface area contributed by atoms with E-state index in [1.807, 2.05) is 0 Å². The smallest absolute Gasteiger partial charge is 0.244 e. The number of rotatable bonds is 5. The average Bonchev–Trinajstić information content (AvgIpc) is 2.63. The molecule has 0 saturated heterocycles. The van der Waals surface area contributed by atoms with E-state index in [0.717, 1.165) is 0 Å². The lowest BCUT2D eigenvalue weighted by Crippen LogP contribution is -2.25. The number of nitrogens with zero attached hydrogens (tertiary/aromatic N) is 2. The van der Waals surface area contributed by atoms with Crippen LogP contribution < -0.4 is 17.2 Å². The highest BCUT2D eigenvalue weighted by Gasteiger charge is 2.22. The molecule has 16 heavy (non-hydrogen) atoms. The zero-order chi connectivity index (χ0) is 12.3. The molecule has 7 N–H and O–H groups in total. The maximum Gasteiger partial charge on any atom is 0.244 e. The van der Waals surface area contributed by atoms with Gasteiger partial charge in [-0.15, -0.1) is 0 Å². The summed E-state index contributed by atoms with van der Waals surface area (Å²) in [6.45, 7) is 1.50. The summed E-state index contributed by atoms with van der Waals surface area (Å²) in [7, 11) is 0. The van der Waals surface area contributed by atoms with Crippen LogP contribution in [-0.2, 0) is 4.79 Å². The first-order valence-corrected chi connectivity index (χ1v) is 4.73. The average molecular weight is 229 g/mol. The Kier molecular flexibility index (Phi) is 3.93. The van der Waals surface area contributed by atoms with E-state index in [9.17, 15) is 9.90 Å². The van der Waals surface area contributed by atoms with Crippen LogP contribution in [0, 0.1) is 0 Å². The van der Waals surface area contributed by atoms with E-state index in [4.69, 9.17) is 21.7 Å². The van der Waals surface area contributed by atoms with Crippen molar-refractivity contribution >= 4 is 5.91 Å². The summed E-state index contributed by atoms with van der Waals surface area (Å²) >= 11 is 0. The van der Waals surface area contributed by atoms with Crippen LogP contribution in [0.25, 0.3) is 0 Å². The number of hydrogen-bond acceptors (Lipinski definition) is 7. The molecule has 90 valence electrons. The van der Waals surface area contributed by atoms with Crippen LogP contribution in [0.3, 0.4) is 0 Å². The van der Waals surface area contributed by atoms with Crippen LogP contribution in [0.5, 0.6) is 0 Å². The van der Waals surface area contributed by atoms with E-state index in [2.05, 4.69) is 10.1 Å². The largest absolute Gasteiger partial charge is 0.391 e. The normalized spacial score (nSPS) is 16.8. The molecular weight excluding hydrogens is 214 g/mol. The number of nitrogens with two attached hydrogens (primary N) is 3. The summed E-state index contributed by atoms with van der Waals surface area (Å²) in [5.74, 6) is -0.345. The van der Waals surface area contributed by atoms with E-state index in [-0.39, 0.29) is 18.1 Å². The van der Waals surface area contributed by atoms with E-state index < -0.39 is 24.1 Å². The van der Waals surface area contributed by atoms with Crippen LogP contribution in [-0.4, -0.2) is 27.3 Å². The molecule has 3 atom stereocenters. The minimum Gasteiger partial charge on any atom is -0.391 e. The molecule has 0 radical (unpaired) electrons. The Morgan fingerprint density at radius 2 is 2.19 bits per heavy atom. The third-order valence-corrected chi connectivity index (χ3v) is 2.01. The number of aliphatic hydroxyl groups is 1. The van der Waals surface area contributed by atoms with Gasteiger partial charge in [0.1, 0.15) is 0 Å². The fourth-order valence-electron chi connectivity index (χ4n) is 1.05. The summed E-state index contributed by atoms with van der Waals surface area (Å²) < 4.78 is 4.81. The highest BCUT2D eigenvalue weighted by atomic mass is 16.5. The van der Waals surface area contributed by atoms with E-state index in [1.54, 1.807) is 0 Å². The molecule has 1 aromatic heterocycles. The Labute approximate surface area is 91.8 Å². The molecule has 1 aromatic rings. The van der Waals surface area contributed by atoms with Crippen molar-refractivity contribution in [3.8, 4) is 0 Å². The summed E-state index contributed by atoms with van der Waals surface area (Å²) in [6.07, 6.45) is -0.899. The Balaban J connectivity index is 2.74. The first-order valence-electron chi connectivity index (χ1n) is 4.73. The van der Waals surface area contributed by atoms with Gasteiger partial charge in [0.25, 0.3) is 0 Å². The molecule has 1 rings (SSSR count). The number of aliphatic hydroxyl groups excluding tert-OH is 1. The van der Waals surface area contributed by atoms with Crippen LogP contribution >= 0.6 is 0 Å². The quantitative estimate of drug-likeness (QED) is 0.470. The van der Waals surface area contributed by atoms with Crippen molar-refractivity contribution < 1.29 is 14.4 Å². The van der Waals surface area contributed by atoms with Gasteiger partial charge in [0.15, 0.2) is 5.82 Å². The van der Waals surface area contributed by atoms with Crippen LogP contribution in [0.2, 0.25) is 0 Å². The summed E-state index contributed by atoms with van der Waals surface area (Å²) in [4.78, 5) is 14.5. The van der Waals surface area contributed by atoms with Crippen molar-refractivity contribution in [2.24, 2.45) is 17.2 Å². The Morgan fingerprint density at radius 1 is 1.56 bits per heavy atom. The van der Waals surface area contributed by atoms with Crippen LogP contribution in [0.4, 0.5) is 0 Å². The fourth-order valence-corrected chi connectivity index (χ4v) is 1.05. The summed E-state index contributed by atoms with van der Waals surface area (Å²) in [5, 5.41) is 12.8. The molecule has 1 amide bonds. The van der Waals surface area contributed by atoms with Crippen molar-refractivity contribution in [3.05, 3.63) is 11.7 Å². The van der Waals surface area contributed by atoms with Gasteiger partial charge in [0.05, 0.1) is 24.6 Å². The highest BCUT2D eigenvalue weighted by Crippen LogP contribution is 2.15. The lowest BCUT2D eigenvalue weighted by atomic mass is 10.2. The summed E-state index contributed by atoms with van der Waals surface area (Å²) in [6, 6.07) is -1.50. The first kappa shape index (κ1) is 12.6. The monoisotopic (exact) mass is 229 g/mol. The van der Waals surface area contributed by atoms with Gasteiger partial charge in [-0.1, -0.05) is 5.16 Å². The third-order valence-electron chi connectivity index (χ3n) is 2.01. The topological polar surface area (TPSA) is 154 Å². The second-order valence-corrected chi connectivity index (χ2v) is 3.53. The standard InChI is InChI=1S/C8H15N5O3/c1-3(14)6(11)7-12-8(16-13-7)4(9)2-5(10)15/h3-4,6,14H,2,9,11H2,1H3,(H2,10,15). The third kappa shape index (κ3) is 2.99. The Morgan fingerprint density at radius 3 is 2.69 bits per heavy atom. The number of primary amides is 1. The molecule has 0 saturated carbocycles. The van der Waals surface area contributed by atoms with E-state index in [1.165, 1.54) is 6.92 Å². The molecule has 0 aliphatic heterocycles. The summed E-state index contributed by atoms with van der Waals surface area (Å²) in [5.41, 5.74) is 16.1. The number of aromatic nitrogens is 2. The van der Waals surface area contributed by atoms with Crippen molar-refractivity contribution in [2.45, 2.75) is 31.5 Å². The molecule has 8 nitrogen and oxygen atoms in total. The zero-order valence-corrected chi connectivity index (χ0v) is 8.83. The van der Waals surface area contributed by atoms with Gasteiger partial charge in [-0.05, 0) is 6.92 Å². The minimum absolute atomic E-state index is 0.0740. The second kappa shape index (κ2) is 5.01. The van der Waals surface area contributed by atoms with Gasteiger partial charge in [-0.2, -0.15) is 4.98 Å². The molecule has 3 unspecified atom stereocenters. The predicted octanol–water partition coefficient (Wildman–Crippen LogP) is -1.67. The molecule has 0 aliphatic carbocycles. The predicted molar refractivity (Wildman–Crippen MR) is 53.6 cm³/mol. The Bertz CT molecular complexity index is 364. The van der Waals surface area contributed by atoms with Crippen LogP contribution in [0.15, 0.2) is 4.52 Å². The van der Waals surface area contributed by atoms with Crippen molar-refractivity contribution in [1.82, 2.24) is 10.1 Å². The molecule has 8 heteroatoms. The molecule has 0 fully saturated rings. The Hall–Kier alpha value is -1.51. The first-order chi connectivity index (χ1) is 7.41. The van der Waals surface area contributed by atoms with Gasteiger partial charge >= 0.3 is 0 Å². The highest BCUT2D eigenvalue weighted by molar-refractivity contribution is 5.74. The zero-order valence-electron chi connectivity index (χ0n) is 8.83. The molecule has 0 spiro atoms. The fraction of sp³-hybridized carbons (Fsp3) is 0.625. The van der Waals surface area contributed by atoms with Crippen molar-refractivity contribution in [2.75, 3.05) is 0 Å². The number of hydrogen-bond donors (Lipinski definition) is 4. The maximum absolute atomic E-state index is 10.6. The molecule has 0 aliphatic rings. The second-order valence-electron chi connectivity index (χ2n) is 3.53. The SMILES string of the molecule is CC(O)C(N)c1noc(C(N)CC(N)=O)n1. The van der Waals surface area contributed by atoms with Crippen molar-refractivity contribution in [3.63, 3.8) is 0 Å². The van der Waals surface area contributed by atoms with Gasteiger partial charge < -0.3 is 26.8 Å². The minimum atomic E-state index is -0.808. The van der Waals surface area contributed by atoms with Crippen molar-refractivity contribution in [1.29, 1.82) is 0 Å².